The lowest BCUT2D eigenvalue weighted by atomic mass is 9.93. The molecule has 0 bridgehead atoms. The van der Waals surface area contributed by atoms with Crippen molar-refractivity contribution in [3.8, 4) is 16.9 Å². The molecule has 0 aliphatic heterocycles. The van der Waals surface area contributed by atoms with E-state index in [2.05, 4.69) is 24.0 Å². The number of nitrogens with two attached hydrogens (primary N) is 1. The molecule has 0 saturated carbocycles. The van der Waals surface area contributed by atoms with Gasteiger partial charge in [0.1, 0.15) is 10.4 Å². The number of nitrogens with one attached hydrogen (secondary N) is 1. The molecule has 4 rings (SSSR count). The molecule has 1 atom stereocenters. The Bertz CT molecular complexity index is 1150. The minimum atomic E-state index is -0.0925. The summed E-state index contributed by atoms with van der Waals surface area (Å²) in [4.78, 5) is 15.2. The molecule has 140 valence electrons. The second kappa shape index (κ2) is 7.72. The summed E-state index contributed by atoms with van der Waals surface area (Å²) < 4.78 is 0.678. The number of fused-ring (bicyclic) bond motifs is 3. The molecule has 27 heavy (non-hydrogen) atoms. The standard InChI is InChI=1S/C21H20N2O2S.ClH/c1-12(8-10-22)13-2-4-14(5-3-13)18-17(24)7-6-16-19(18)15-9-11-26-20(15)21(25)23-16;/h2-7,9,11-12,24H,8,10,22H2,1H3,(H,23,25);1H. The Balaban J connectivity index is 0.00000210. The van der Waals surface area contributed by atoms with E-state index in [4.69, 9.17) is 5.73 Å². The highest BCUT2D eigenvalue weighted by atomic mass is 35.5. The second-order valence-corrected chi connectivity index (χ2v) is 7.52. The van der Waals surface area contributed by atoms with Gasteiger partial charge >= 0.3 is 0 Å². The largest absolute Gasteiger partial charge is 0.507 e. The second-order valence-electron chi connectivity index (χ2n) is 6.60. The van der Waals surface area contributed by atoms with Crippen LogP contribution in [0, 0.1) is 0 Å². The molecule has 4 aromatic rings. The van der Waals surface area contributed by atoms with Gasteiger partial charge in [0.05, 0.1) is 0 Å². The van der Waals surface area contributed by atoms with Crippen molar-refractivity contribution in [3.63, 3.8) is 0 Å². The molecule has 2 heterocycles. The van der Waals surface area contributed by atoms with E-state index in [0.717, 1.165) is 33.8 Å². The number of aromatic nitrogens is 1. The molecule has 0 aliphatic carbocycles. The molecule has 0 fully saturated rings. The van der Waals surface area contributed by atoms with Gasteiger partial charge in [0.25, 0.3) is 5.56 Å². The maximum absolute atomic E-state index is 12.2. The Kier molecular flexibility index (Phi) is 5.56. The number of pyridine rings is 1. The molecule has 4 nitrogen and oxygen atoms in total. The molecular weight excluding hydrogens is 380 g/mol. The van der Waals surface area contributed by atoms with Gasteiger partial charge in [-0.15, -0.1) is 23.7 Å². The monoisotopic (exact) mass is 400 g/mol. The molecule has 0 radical (unpaired) electrons. The van der Waals surface area contributed by atoms with Crippen molar-refractivity contribution in [1.82, 2.24) is 4.98 Å². The van der Waals surface area contributed by atoms with Crippen molar-refractivity contribution < 1.29 is 5.11 Å². The Morgan fingerprint density at radius 3 is 2.59 bits per heavy atom. The van der Waals surface area contributed by atoms with Crippen molar-refractivity contribution in [2.75, 3.05) is 6.54 Å². The predicted octanol–water partition coefficient (Wildman–Crippen LogP) is 4.99. The summed E-state index contributed by atoms with van der Waals surface area (Å²) in [6.07, 6.45) is 0.940. The normalized spacial score (nSPS) is 12.2. The molecule has 0 saturated heterocycles. The number of H-pyrrole nitrogens is 1. The van der Waals surface area contributed by atoms with Crippen LogP contribution in [0.25, 0.3) is 32.1 Å². The van der Waals surface area contributed by atoms with Crippen LogP contribution in [0.5, 0.6) is 5.75 Å². The highest BCUT2D eigenvalue weighted by Gasteiger charge is 2.15. The van der Waals surface area contributed by atoms with E-state index in [1.807, 2.05) is 23.6 Å². The maximum Gasteiger partial charge on any atom is 0.266 e. The van der Waals surface area contributed by atoms with Crippen LogP contribution in [0.2, 0.25) is 0 Å². The zero-order chi connectivity index (χ0) is 18.3. The van der Waals surface area contributed by atoms with Gasteiger partial charge in [-0.05, 0) is 53.6 Å². The molecule has 4 N–H and O–H groups in total. The van der Waals surface area contributed by atoms with Crippen molar-refractivity contribution >= 4 is 44.7 Å². The third-order valence-electron chi connectivity index (χ3n) is 4.94. The van der Waals surface area contributed by atoms with Crippen molar-refractivity contribution in [2.45, 2.75) is 19.3 Å². The lowest BCUT2D eigenvalue weighted by molar-refractivity contribution is 0.478. The van der Waals surface area contributed by atoms with Crippen molar-refractivity contribution in [3.05, 3.63) is 63.8 Å². The SMILES string of the molecule is CC(CCN)c1ccc(-c2c(O)ccc3[nH]c(=O)c4sccc4c23)cc1.Cl. The molecule has 0 spiro atoms. The van der Waals surface area contributed by atoms with E-state index in [1.54, 1.807) is 12.1 Å². The Hall–Kier alpha value is -2.34. The first-order valence-corrected chi connectivity index (χ1v) is 9.53. The van der Waals surface area contributed by atoms with Crippen LogP contribution in [0.15, 0.2) is 52.6 Å². The average Bonchev–Trinajstić information content (AvgIpc) is 3.13. The molecule has 0 aliphatic rings. The number of rotatable bonds is 4. The molecule has 2 aromatic heterocycles. The Labute approximate surface area is 167 Å². The van der Waals surface area contributed by atoms with Crippen LogP contribution in [-0.4, -0.2) is 16.6 Å². The van der Waals surface area contributed by atoms with E-state index >= 15 is 0 Å². The first kappa shape index (κ1) is 19.4. The van der Waals surface area contributed by atoms with Crippen molar-refractivity contribution in [2.24, 2.45) is 5.73 Å². The van der Waals surface area contributed by atoms with Gasteiger partial charge < -0.3 is 15.8 Å². The van der Waals surface area contributed by atoms with Crippen LogP contribution in [0.1, 0.15) is 24.8 Å². The number of benzene rings is 2. The number of phenolic OH excluding ortho intramolecular Hbond substituents is 1. The Morgan fingerprint density at radius 2 is 1.89 bits per heavy atom. The summed E-state index contributed by atoms with van der Waals surface area (Å²) in [6.45, 7) is 2.83. The topological polar surface area (TPSA) is 79.1 Å². The summed E-state index contributed by atoms with van der Waals surface area (Å²) in [5, 5.41) is 14.2. The van der Waals surface area contributed by atoms with Crippen LogP contribution < -0.4 is 11.3 Å². The van der Waals surface area contributed by atoms with Crippen LogP contribution >= 0.6 is 23.7 Å². The quantitative estimate of drug-likeness (QED) is 0.451. The van der Waals surface area contributed by atoms with Gasteiger partial charge in [-0.1, -0.05) is 31.2 Å². The number of aromatic hydroxyl groups is 1. The number of phenols is 1. The fourth-order valence-corrected chi connectivity index (χ4v) is 4.32. The third-order valence-corrected chi connectivity index (χ3v) is 5.85. The number of aromatic amines is 1. The van der Waals surface area contributed by atoms with Gasteiger partial charge in [0, 0.05) is 21.9 Å². The maximum atomic E-state index is 12.2. The zero-order valence-electron chi connectivity index (χ0n) is 14.9. The van der Waals surface area contributed by atoms with Crippen LogP contribution in [0.4, 0.5) is 0 Å². The average molecular weight is 401 g/mol. The van der Waals surface area contributed by atoms with Crippen molar-refractivity contribution in [1.29, 1.82) is 0 Å². The highest BCUT2D eigenvalue weighted by molar-refractivity contribution is 7.17. The van der Waals surface area contributed by atoms with Gasteiger partial charge in [-0.25, -0.2) is 0 Å². The van der Waals surface area contributed by atoms with Crippen LogP contribution in [-0.2, 0) is 0 Å². The molecule has 1 unspecified atom stereocenters. The molecular formula is C21H21ClN2O2S. The summed E-state index contributed by atoms with van der Waals surface area (Å²) >= 11 is 1.41. The molecule has 2 aromatic carbocycles. The summed E-state index contributed by atoms with van der Waals surface area (Å²) in [6, 6.07) is 13.6. The Morgan fingerprint density at radius 1 is 1.15 bits per heavy atom. The smallest absolute Gasteiger partial charge is 0.266 e. The minimum Gasteiger partial charge on any atom is -0.507 e. The highest BCUT2D eigenvalue weighted by Crippen LogP contribution is 2.39. The summed E-state index contributed by atoms with van der Waals surface area (Å²) in [7, 11) is 0. The van der Waals surface area contributed by atoms with Crippen LogP contribution in [0.3, 0.4) is 0 Å². The summed E-state index contributed by atoms with van der Waals surface area (Å²) in [5.41, 5.74) is 9.21. The fourth-order valence-electron chi connectivity index (χ4n) is 3.52. The predicted molar refractivity (Wildman–Crippen MR) is 116 cm³/mol. The van der Waals surface area contributed by atoms with E-state index in [0.29, 0.717) is 17.2 Å². The van der Waals surface area contributed by atoms with Gasteiger partial charge in [-0.2, -0.15) is 0 Å². The molecule has 0 amide bonds. The number of halogens is 1. The van der Waals surface area contributed by atoms with Gasteiger partial charge in [0.2, 0.25) is 0 Å². The van der Waals surface area contributed by atoms with E-state index < -0.39 is 0 Å². The summed E-state index contributed by atoms with van der Waals surface area (Å²) in [5.74, 6) is 0.606. The minimum absolute atomic E-state index is 0. The first-order chi connectivity index (χ1) is 12.6. The first-order valence-electron chi connectivity index (χ1n) is 8.65. The number of hydrogen-bond donors (Lipinski definition) is 3. The zero-order valence-corrected chi connectivity index (χ0v) is 16.5. The van der Waals surface area contributed by atoms with E-state index in [-0.39, 0.29) is 23.7 Å². The molecule has 6 heteroatoms. The number of hydrogen-bond acceptors (Lipinski definition) is 4. The lowest BCUT2D eigenvalue weighted by Gasteiger charge is -2.14. The fraction of sp³-hybridized carbons (Fsp3) is 0.190. The van der Waals surface area contributed by atoms with Gasteiger partial charge in [0.15, 0.2) is 0 Å². The van der Waals surface area contributed by atoms with Gasteiger partial charge in [-0.3, -0.25) is 4.79 Å². The third kappa shape index (κ3) is 3.34. The lowest BCUT2D eigenvalue weighted by Crippen LogP contribution is -2.05. The number of thiophene rings is 1. The van der Waals surface area contributed by atoms with E-state index in [1.165, 1.54) is 16.9 Å². The van der Waals surface area contributed by atoms with E-state index in [9.17, 15) is 9.90 Å².